The molecule has 1 heterocycles. The number of carboxylic acid groups (broad SMARTS) is 1. The van der Waals surface area contributed by atoms with Crippen LogP contribution in [0.4, 0.5) is 0 Å². The van der Waals surface area contributed by atoms with Crippen LogP contribution in [-0.4, -0.2) is 40.0 Å². The molecule has 0 aliphatic heterocycles. The maximum absolute atomic E-state index is 10.8. The van der Waals surface area contributed by atoms with Crippen molar-refractivity contribution in [2.75, 3.05) is 13.2 Å². The number of hydrogen-bond acceptors (Lipinski definition) is 5. The average molecular weight is 243 g/mol. The van der Waals surface area contributed by atoms with Crippen LogP contribution in [0.2, 0.25) is 0 Å². The van der Waals surface area contributed by atoms with Crippen molar-refractivity contribution in [3.63, 3.8) is 0 Å². The van der Waals surface area contributed by atoms with Gasteiger partial charge in [0.05, 0.1) is 25.0 Å². The number of rotatable bonds is 7. The molecule has 0 amide bonds. The molecule has 1 aromatic rings. The van der Waals surface area contributed by atoms with Gasteiger partial charge < -0.3 is 25.1 Å². The van der Waals surface area contributed by atoms with E-state index in [1.807, 2.05) is 6.92 Å². The van der Waals surface area contributed by atoms with E-state index in [1.165, 1.54) is 6.26 Å². The van der Waals surface area contributed by atoms with Gasteiger partial charge in [0.25, 0.3) is 0 Å². The molecule has 4 N–H and O–H groups in total. The van der Waals surface area contributed by atoms with Crippen LogP contribution in [0.1, 0.15) is 29.5 Å². The number of carboxylic acids is 1. The number of furan rings is 1. The number of aromatic carboxylic acids is 1. The minimum Gasteiger partial charge on any atom is -0.475 e. The molecule has 6 nitrogen and oxygen atoms in total. The van der Waals surface area contributed by atoms with E-state index in [9.17, 15) is 15.0 Å². The summed E-state index contributed by atoms with van der Waals surface area (Å²) in [6, 6.07) is 1.55. The Labute approximate surface area is 98.9 Å². The van der Waals surface area contributed by atoms with Crippen LogP contribution in [0.25, 0.3) is 0 Å². The molecule has 0 spiro atoms. The fourth-order valence-electron chi connectivity index (χ4n) is 1.46. The lowest BCUT2D eigenvalue weighted by Gasteiger charge is -2.29. The summed E-state index contributed by atoms with van der Waals surface area (Å²) in [5.74, 6) is -1.26. The standard InChI is InChI=1S/C11H17NO5/c1-2-11(6-13,7-14)12-5-8-3-4-17-9(8)10(15)16/h3-4,12-14H,2,5-7H2,1H3,(H,15,16). The molecule has 1 aromatic heterocycles. The first-order chi connectivity index (χ1) is 8.08. The number of carbonyl (C=O) groups is 1. The monoisotopic (exact) mass is 243 g/mol. The highest BCUT2D eigenvalue weighted by Crippen LogP contribution is 2.14. The first-order valence-electron chi connectivity index (χ1n) is 5.35. The Morgan fingerprint density at radius 2 is 2.12 bits per heavy atom. The van der Waals surface area contributed by atoms with E-state index in [-0.39, 0.29) is 25.5 Å². The second-order valence-corrected chi connectivity index (χ2v) is 3.88. The van der Waals surface area contributed by atoms with Crippen LogP contribution < -0.4 is 5.32 Å². The van der Waals surface area contributed by atoms with E-state index < -0.39 is 11.5 Å². The van der Waals surface area contributed by atoms with Crippen molar-refractivity contribution in [3.05, 3.63) is 23.7 Å². The highest BCUT2D eigenvalue weighted by atomic mass is 16.4. The predicted molar refractivity (Wildman–Crippen MR) is 59.7 cm³/mol. The number of aliphatic hydroxyl groups is 2. The van der Waals surface area contributed by atoms with E-state index in [2.05, 4.69) is 5.32 Å². The molecule has 96 valence electrons. The highest BCUT2D eigenvalue weighted by Gasteiger charge is 2.26. The third kappa shape index (κ3) is 3.06. The third-order valence-corrected chi connectivity index (χ3v) is 2.88. The topological polar surface area (TPSA) is 103 Å². The average Bonchev–Trinajstić information content (AvgIpc) is 2.80. The van der Waals surface area contributed by atoms with Crippen LogP contribution in [0, 0.1) is 0 Å². The van der Waals surface area contributed by atoms with Gasteiger partial charge in [-0.2, -0.15) is 0 Å². The van der Waals surface area contributed by atoms with Gasteiger partial charge in [0.1, 0.15) is 0 Å². The molecule has 1 rings (SSSR count). The van der Waals surface area contributed by atoms with Gasteiger partial charge in [-0.15, -0.1) is 0 Å². The van der Waals surface area contributed by atoms with Crippen LogP contribution in [0.3, 0.4) is 0 Å². The number of aliphatic hydroxyl groups excluding tert-OH is 2. The Kier molecular flexibility index (Phi) is 4.68. The Bertz CT molecular complexity index is 361. The van der Waals surface area contributed by atoms with Gasteiger partial charge in [0, 0.05) is 12.1 Å². The van der Waals surface area contributed by atoms with Crippen molar-refractivity contribution in [1.82, 2.24) is 5.32 Å². The molecular weight excluding hydrogens is 226 g/mol. The summed E-state index contributed by atoms with van der Waals surface area (Å²) in [4.78, 5) is 10.8. The minimum atomic E-state index is -1.14. The molecule has 0 fully saturated rings. The Morgan fingerprint density at radius 1 is 1.47 bits per heavy atom. The maximum Gasteiger partial charge on any atom is 0.372 e. The van der Waals surface area contributed by atoms with E-state index >= 15 is 0 Å². The Balaban J connectivity index is 2.72. The second kappa shape index (κ2) is 5.81. The largest absolute Gasteiger partial charge is 0.475 e. The van der Waals surface area contributed by atoms with Gasteiger partial charge >= 0.3 is 5.97 Å². The first-order valence-corrected chi connectivity index (χ1v) is 5.35. The van der Waals surface area contributed by atoms with Gasteiger partial charge in [0.15, 0.2) is 0 Å². The van der Waals surface area contributed by atoms with Crippen molar-refractivity contribution in [2.45, 2.75) is 25.4 Å². The van der Waals surface area contributed by atoms with E-state index in [0.717, 1.165) is 0 Å². The van der Waals surface area contributed by atoms with Crippen LogP contribution in [-0.2, 0) is 6.54 Å². The molecule has 0 saturated heterocycles. The van der Waals surface area contributed by atoms with Crippen molar-refractivity contribution < 1.29 is 24.5 Å². The molecule has 6 heteroatoms. The molecule has 0 radical (unpaired) electrons. The molecule has 0 aromatic carbocycles. The molecule has 0 bridgehead atoms. The molecule has 17 heavy (non-hydrogen) atoms. The Hall–Kier alpha value is -1.37. The van der Waals surface area contributed by atoms with Crippen molar-refractivity contribution in [1.29, 1.82) is 0 Å². The van der Waals surface area contributed by atoms with E-state index in [1.54, 1.807) is 6.07 Å². The Morgan fingerprint density at radius 3 is 2.59 bits per heavy atom. The summed E-state index contributed by atoms with van der Waals surface area (Å²) in [7, 11) is 0. The summed E-state index contributed by atoms with van der Waals surface area (Å²) in [6.45, 7) is 1.60. The molecule has 0 saturated carbocycles. The van der Waals surface area contributed by atoms with Crippen LogP contribution in [0.15, 0.2) is 16.7 Å². The van der Waals surface area contributed by atoms with E-state index in [4.69, 9.17) is 9.52 Å². The smallest absolute Gasteiger partial charge is 0.372 e. The molecule has 0 aliphatic carbocycles. The lowest BCUT2D eigenvalue weighted by Crippen LogP contribution is -2.50. The molecular formula is C11H17NO5. The summed E-state index contributed by atoms with van der Waals surface area (Å²) in [6.07, 6.45) is 1.83. The quantitative estimate of drug-likeness (QED) is 0.545. The fraction of sp³-hybridized carbons (Fsp3) is 0.545. The predicted octanol–water partition coefficient (Wildman–Crippen LogP) is 0.201. The maximum atomic E-state index is 10.8. The lowest BCUT2D eigenvalue weighted by atomic mass is 9.98. The summed E-state index contributed by atoms with van der Waals surface area (Å²) in [5.41, 5.74) is -0.315. The normalized spacial score (nSPS) is 11.7. The lowest BCUT2D eigenvalue weighted by molar-refractivity contribution is 0.0658. The van der Waals surface area contributed by atoms with Crippen molar-refractivity contribution in [3.8, 4) is 0 Å². The highest BCUT2D eigenvalue weighted by molar-refractivity contribution is 5.86. The van der Waals surface area contributed by atoms with Gasteiger partial charge in [-0.05, 0) is 12.5 Å². The van der Waals surface area contributed by atoms with E-state index in [0.29, 0.717) is 12.0 Å². The molecule has 0 aliphatic rings. The van der Waals surface area contributed by atoms with Crippen LogP contribution in [0.5, 0.6) is 0 Å². The summed E-state index contributed by atoms with van der Waals surface area (Å²) < 4.78 is 4.83. The molecule has 0 atom stereocenters. The second-order valence-electron chi connectivity index (χ2n) is 3.88. The SMILES string of the molecule is CCC(CO)(CO)NCc1ccoc1C(=O)O. The van der Waals surface area contributed by atoms with Crippen molar-refractivity contribution in [2.24, 2.45) is 0 Å². The molecule has 0 unspecified atom stereocenters. The number of hydrogen-bond donors (Lipinski definition) is 4. The first kappa shape index (κ1) is 13.7. The zero-order valence-corrected chi connectivity index (χ0v) is 9.64. The summed E-state index contributed by atoms with van der Waals surface area (Å²) in [5, 5.41) is 30.2. The van der Waals surface area contributed by atoms with Crippen molar-refractivity contribution >= 4 is 5.97 Å². The fourth-order valence-corrected chi connectivity index (χ4v) is 1.46. The van der Waals surface area contributed by atoms with Gasteiger partial charge in [0.2, 0.25) is 5.76 Å². The zero-order valence-electron chi connectivity index (χ0n) is 9.64. The third-order valence-electron chi connectivity index (χ3n) is 2.88. The van der Waals surface area contributed by atoms with Crippen LogP contribution >= 0.6 is 0 Å². The number of nitrogens with one attached hydrogen (secondary N) is 1. The van der Waals surface area contributed by atoms with Gasteiger partial charge in [-0.3, -0.25) is 0 Å². The summed E-state index contributed by atoms with van der Waals surface area (Å²) >= 11 is 0. The zero-order chi connectivity index (χ0) is 12.9. The minimum absolute atomic E-state index is 0.126. The van der Waals surface area contributed by atoms with Gasteiger partial charge in [-0.25, -0.2) is 4.79 Å². The van der Waals surface area contributed by atoms with Gasteiger partial charge in [-0.1, -0.05) is 6.92 Å².